The molecule has 1 unspecified atom stereocenters. The Morgan fingerprint density at radius 3 is 3.05 bits per heavy atom. The van der Waals surface area contributed by atoms with Crippen molar-refractivity contribution in [2.24, 2.45) is 0 Å². The monoisotopic (exact) mass is 281 g/mol. The summed E-state index contributed by atoms with van der Waals surface area (Å²) in [5.41, 5.74) is -1.36. The SMILES string of the molecule is CC(O)(CO)CNC(=O)Cn1nnc(-c2ccco2)n1. The summed E-state index contributed by atoms with van der Waals surface area (Å²) in [5.74, 6) is 0.340. The van der Waals surface area contributed by atoms with Gasteiger partial charge in [-0.3, -0.25) is 4.79 Å². The minimum Gasteiger partial charge on any atom is -0.461 e. The minimum absolute atomic E-state index is 0.0674. The predicted octanol–water partition coefficient (Wildman–Crippen LogP) is -1.21. The van der Waals surface area contributed by atoms with Crippen LogP contribution in [0.25, 0.3) is 11.6 Å². The maximum absolute atomic E-state index is 11.6. The topological polar surface area (TPSA) is 126 Å². The van der Waals surface area contributed by atoms with Gasteiger partial charge in [-0.15, -0.1) is 10.2 Å². The zero-order valence-electron chi connectivity index (χ0n) is 10.9. The van der Waals surface area contributed by atoms with Crippen molar-refractivity contribution in [1.29, 1.82) is 0 Å². The highest BCUT2D eigenvalue weighted by Gasteiger charge is 2.20. The van der Waals surface area contributed by atoms with Crippen LogP contribution < -0.4 is 5.32 Å². The predicted molar refractivity (Wildman–Crippen MR) is 66.2 cm³/mol. The number of carbonyl (C=O) groups is 1. The molecule has 1 atom stereocenters. The van der Waals surface area contributed by atoms with Crippen molar-refractivity contribution in [3.63, 3.8) is 0 Å². The van der Waals surface area contributed by atoms with E-state index >= 15 is 0 Å². The van der Waals surface area contributed by atoms with Gasteiger partial charge in [-0.2, -0.15) is 4.80 Å². The molecule has 0 aliphatic heterocycles. The molecule has 0 saturated carbocycles. The lowest BCUT2D eigenvalue weighted by molar-refractivity contribution is -0.123. The molecule has 0 radical (unpaired) electrons. The summed E-state index contributed by atoms with van der Waals surface area (Å²) in [6, 6.07) is 3.37. The van der Waals surface area contributed by atoms with E-state index in [1.165, 1.54) is 13.2 Å². The van der Waals surface area contributed by atoms with E-state index in [1.807, 2.05) is 0 Å². The van der Waals surface area contributed by atoms with Crippen LogP contribution in [-0.4, -0.2) is 55.1 Å². The van der Waals surface area contributed by atoms with E-state index in [1.54, 1.807) is 12.1 Å². The lowest BCUT2D eigenvalue weighted by atomic mass is 10.1. The molecule has 2 aromatic rings. The fourth-order valence-corrected chi connectivity index (χ4v) is 1.34. The number of aliphatic hydroxyl groups excluding tert-OH is 1. The molecule has 2 aromatic heterocycles. The Morgan fingerprint density at radius 2 is 2.40 bits per heavy atom. The summed E-state index contributed by atoms with van der Waals surface area (Å²) >= 11 is 0. The van der Waals surface area contributed by atoms with Crippen LogP contribution in [0.15, 0.2) is 22.8 Å². The van der Waals surface area contributed by atoms with Crippen molar-refractivity contribution < 1.29 is 19.4 Å². The first-order chi connectivity index (χ1) is 9.50. The number of tetrazole rings is 1. The molecular weight excluding hydrogens is 266 g/mol. The molecular formula is C11H15N5O4. The molecule has 0 aromatic carbocycles. The third kappa shape index (κ3) is 3.62. The molecule has 3 N–H and O–H groups in total. The standard InChI is InChI=1S/C11H15N5O4/c1-11(19,7-17)6-12-9(18)5-16-14-10(13-15-16)8-3-2-4-20-8/h2-4,17,19H,5-7H2,1H3,(H,12,18). The van der Waals surface area contributed by atoms with Gasteiger partial charge in [0.15, 0.2) is 5.76 Å². The van der Waals surface area contributed by atoms with E-state index in [-0.39, 0.29) is 18.9 Å². The Labute approximate surface area is 114 Å². The van der Waals surface area contributed by atoms with Crippen molar-refractivity contribution >= 4 is 5.91 Å². The zero-order chi connectivity index (χ0) is 14.6. The molecule has 0 saturated heterocycles. The second kappa shape index (κ2) is 5.80. The highest BCUT2D eigenvalue weighted by Crippen LogP contribution is 2.12. The average Bonchev–Trinajstić information content (AvgIpc) is 3.07. The Kier molecular flexibility index (Phi) is 4.11. The van der Waals surface area contributed by atoms with Gasteiger partial charge >= 0.3 is 0 Å². The van der Waals surface area contributed by atoms with Gasteiger partial charge in [-0.25, -0.2) is 0 Å². The summed E-state index contributed by atoms with van der Waals surface area (Å²) in [6.07, 6.45) is 1.49. The molecule has 2 heterocycles. The van der Waals surface area contributed by atoms with Crippen LogP contribution in [0.5, 0.6) is 0 Å². The molecule has 108 valence electrons. The number of nitrogens with zero attached hydrogens (tertiary/aromatic N) is 4. The van der Waals surface area contributed by atoms with Crippen molar-refractivity contribution in [3.05, 3.63) is 18.4 Å². The number of aliphatic hydroxyl groups is 2. The van der Waals surface area contributed by atoms with Crippen LogP contribution in [-0.2, 0) is 11.3 Å². The largest absolute Gasteiger partial charge is 0.461 e. The number of amides is 1. The molecule has 1 amide bonds. The van der Waals surface area contributed by atoms with Crippen molar-refractivity contribution in [2.75, 3.05) is 13.2 Å². The van der Waals surface area contributed by atoms with E-state index < -0.39 is 18.1 Å². The van der Waals surface area contributed by atoms with Gasteiger partial charge in [-0.1, -0.05) is 0 Å². The van der Waals surface area contributed by atoms with Gasteiger partial charge in [0.25, 0.3) is 0 Å². The fraction of sp³-hybridized carbons (Fsp3) is 0.455. The molecule has 0 fully saturated rings. The van der Waals surface area contributed by atoms with Gasteiger partial charge in [0.05, 0.1) is 12.9 Å². The normalized spacial score (nSPS) is 13.9. The number of hydrogen-bond acceptors (Lipinski definition) is 7. The third-order valence-electron chi connectivity index (χ3n) is 2.49. The molecule has 9 heteroatoms. The van der Waals surface area contributed by atoms with Crippen molar-refractivity contribution in [1.82, 2.24) is 25.5 Å². The smallest absolute Gasteiger partial charge is 0.243 e. The molecule has 9 nitrogen and oxygen atoms in total. The number of hydrogen-bond donors (Lipinski definition) is 3. The minimum atomic E-state index is -1.36. The first-order valence-corrected chi connectivity index (χ1v) is 5.92. The molecule has 0 spiro atoms. The lowest BCUT2D eigenvalue weighted by Gasteiger charge is -2.20. The van der Waals surface area contributed by atoms with Crippen molar-refractivity contribution in [2.45, 2.75) is 19.1 Å². The zero-order valence-corrected chi connectivity index (χ0v) is 10.9. The highest BCUT2D eigenvalue weighted by molar-refractivity contribution is 5.75. The molecule has 0 aliphatic carbocycles. The van der Waals surface area contributed by atoms with E-state index in [9.17, 15) is 9.90 Å². The molecule has 20 heavy (non-hydrogen) atoms. The lowest BCUT2D eigenvalue weighted by Crippen LogP contribution is -2.44. The first-order valence-electron chi connectivity index (χ1n) is 5.92. The summed E-state index contributed by atoms with van der Waals surface area (Å²) in [6.45, 7) is 0.755. The second-order valence-corrected chi connectivity index (χ2v) is 4.55. The van der Waals surface area contributed by atoms with Gasteiger partial charge in [0, 0.05) is 6.54 Å². The van der Waals surface area contributed by atoms with Gasteiger partial charge in [-0.05, 0) is 24.3 Å². The Balaban J connectivity index is 1.89. The van der Waals surface area contributed by atoms with Crippen LogP contribution >= 0.6 is 0 Å². The number of carbonyl (C=O) groups excluding carboxylic acids is 1. The van der Waals surface area contributed by atoms with E-state index in [0.717, 1.165) is 4.80 Å². The summed E-state index contributed by atoms with van der Waals surface area (Å²) < 4.78 is 5.10. The maximum Gasteiger partial charge on any atom is 0.243 e. The Bertz CT molecular complexity index is 563. The summed E-state index contributed by atoms with van der Waals surface area (Å²) in [7, 11) is 0. The number of rotatable bonds is 6. The van der Waals surface area contributed by atoms with Crippen LogP contribution in [0.2, 0.25) is 0 Å². The first kappa shape index (κ1) is 14.2. The summed E-state index contributed by atoms with van der Waals surface area (Å²) in [4.78, 5) is 12.7. The fourth-order valence-electron chi connectivity index (χ4n) is 1.34. The summed E-state index contributed by atoms with van der Waals surface area (Å²) in [5, 5.41) is 32.3. The van der Waals surface area contributed by atoms with Crippen LogP contribution in [0.4, 0.5) is 0 Å². The van der Waals surface area contributed by atoms with Crippen LogP contribution in [0, 0.1) is 0 Å². The Morgan fingerprint density at radius 1 is 1.60 bits per heavy atom. The number of furan rings is 1. The van der Waals surface area contributed by atoms with Gasteiger partial charge in [0.1, 0.15) is 12.1 Å². The van der Waals surface area contributed by atoms with Crippen molar-refractivity contribution in [3.8, 4) is 11.6 Å². The highest BCUT2D eigenvalue weighted by atomic mass is 16.3. The van der Waals surface area contributed by atoms with Crippen LogP contribution in [0.1, 0.15) is 6.92 Å². The maximum atomic E-state index is 11.6. The van der Waals surface area contributed by atoms with Gasteiger partial charge in [0.2, 0.25) is 11.7 Å². The number of aromatic nitrogens is 4. The number of nitrogens with one attached hydrogen (secondary N) is 1. The van der Waals surface area contributed by atoms with Gasteiger partial charge < -0.3 is 19.9 Å². The third-order valence-corrected chi connectivity index (χ3v) is 2.49. The van der Waals surface area contributed by atoms with E-state index in [4.69, 9.17) is 9.52 Å². The Hall–Kier alpha value is -2.26. The second-order valence-electron chi connectivity index (χ2n) is 4.55. The average molecular weight is 281 g/mol. The quantitative estimate of drug-likeness (QED) is 0.606. The molecule has 0 aliphatic rings. The van der Waals surface area contributed by atoms with Crippen LogP contribution in [0.3, 0.4) is 0 Å². The molecule has 0 bridgehead atoms. The van der Waals surface area contributed by atoms with E-state index in [0.29, 0.717) is 5.76 Å². The van der Waals surface area contributed by atoms with E-state index in [2.05, 4.69) is 20.7 Å². The molecule has 2 rings (SSSR count).